The molecule has 3 aromatic rings. The Morgan fingerprint density at radius 3 is 2.72 bits per heavy atom. The van der Waals surface area contributed by atoms with Crippen LogP contribution in [0, 0.1) is 0 Å². The molecule has 2 aromatic heterocycles. The molecule has 3 rings (SSSR count). The number of rotatable bonds is 8. The van der Waals surface area contributed by atoms with Gasteiger partial charge in [-0.15, -0.1) is 16.4 Å². The first-order valence-corrected chi connectivity index (χ1v) is 9.10. The van der Waals surface area contributed by atoms with Gasteiger partial charge in [0.1, 0.15) is 0 Å². The highest BCUT2D eigenvalue weighted by atomic mass is 32.1. The number of benzene rings is 1. The molecule has 0 saturated carbocycles. The highest BCUT2D eigenvalue weighted by Gasteiger charge is 2.18. The zero-order chi connectivity index (χ0) is 17.5. The molecule has 0 spiro atoms. The average Bonchev–Trinajstić information content (AvgIpc) is 3.31. The Labute approximate surface area is 150 Å². The van der Waals surface area contributed by atoms with Crippen LogP contribution < -0.4 is 5.73 Å². The lowest BCUT2D eigenvalue weighted by Crippen LogP contribution is -2.37. The number of amides is 1. The summed E-state index contributed by atoms with van der Waals surface area (Å²) in [4.78, 5) is 15.6. The number of hydrogen-bond donors (Lipinski definition) is 1. The molecule has 7 heteroatoms. The van der Waals surface area contributed by atoms with Crippen molar-refractivity contribution in [2.75, 3.05) is 19.6 Å². The SMILES string of the molecule is NCCN(CCc1ccccc1)C(=O)c1cn(Cc2cccs2)nn1. The van der Waals surface area contributed by atoms with Gasteiger partial charge in [-0.2, -0.15) is 0 Å². The van der Waals surface area contributed by atoms with Crippen molar-refractivity contribution < 1.29 is 4.79 Å². The Bertz CT molecular complexity index is 785. The molecular formula is C18H21N5OS. The molecule has 0 radical (unpaired) electrons. The van der Waals surface area contributed by atoms with Gasteiger partial charge in [-0.1, -0.05) is 41.6 Å². The third-order valence-corrected chi connectivity index (χ3v) is 4.72. The van der Waals surface area contributed by atoms with Crippen molar-refractivity contribution in [2.45, 2.75) is 13.0 Å². The minimum Gasteiger partial charge on any atom is -0.336 e. The Morgan fingerprint density at radius 1 is 1.16 bits per heavy atom. The fraction of sp³-hybridized carbons (Fsp3) is 0.278. The van der Waals surface area contributed by atoms with Gasteiger partial charge in [0.15, 0.2) is 5.69 Å². The maximum Gasteiger partial charge on any atom is 0.276 e. The second-order valence-corrected chi connectivity index (χ2v) is 6.73. The first-order valence-electron chi connectivity index (χ1n) is 8.22. The third-order valence-electron chi connectivity index (χ3n) is 3.86. The molecule has 0 bridgehead atoms. The van der Waals surface area contributed by atoms with Crippen LogP contribution in [0.3, 0.4) is 0 Å². The monoisotopic (exact) mass is 355 g/mol. The molecule has 1 aromatic carbocycles. The standard InChI is InChI=1S/C18H21N5OS/c19-9-11-22(10-8-15-5-2-1-3-6-15)18(24)17-14-23(21-20-17)13-16-7-4-12-25-16/h1-7,12,14H,8-11,13,19H2. The smallest absolute Gasteiger partial charge is 0.276 e. The predicted molar refractivity (Wildman–Crippen MR) is 98.5 cm³/mol. The van der Waals surface area contributed by atoms with E-state index < -0.39 is 0 Å². The Balaban J connectivity index is 1.64. The molecule has 2 N–H and O–H groups in total. The summed E-state index contributed by atoms with van der Waals surface area (Å²) >= 11 is 1.66. The first kappa shape index (κ1) is 17.3. The van der Waals surface area contributed by atoms with Crippen molar-refractivity contribution in [1.82, 2.24) is 19.9 Å². The lowest BCUT2D eigenvalue weighted by Gasteiger charge is -2.20. The number of nitrogens with zero attached hydrogens (tertiary/aromatic N) is 4. The molecule has 0 aliphatic carbocycles. The van der Waals surface area contributed by atoms with Gasteiger partial charge in [0, 0.05) is 24.5 Å². The number of nitrogens with two attached hydrogens (primary N) is 1. The molecule has 0 fully saturated rings. The molecule has 0 unspecified atom stereocenters. The topological polar surface area (TPSA) is 77.0 Å². The third kappa shape index (κ3) is 4.74. The van der Waals surface area contributed by atoms with Crippen LogP contribution in [-0.4, -0.2) is 45.4 Å². The second kappa shape index (κ2) is 8.55. The van der Waals surface area contributed by atoms with E-state index >= 15 is 0 Å². The zero-order valence-electron chi connectivity index (χ0n) is 13.9. The van der Waals surface area contributed by atoms with Crippen LogP contribution in [0.1, 0.15) is 20.9 Å². The van der Waals surface area contributed by atoms with Gasteiger partial charge < -0.3 is 10.6 Å². The number of hydrogen-bond acceptors (Lipinski definition) is 5. The van der Waals surface area contributed by atoms with Crippen molar-refractivity contribution in [3.8, 4) is 0 Å². The van der Waals surface area contributed by atoms with Gasteiger partial charge in [0.25, 0.3) is 5.91 Å². The molecule has 0 saturated heterocycles. The van der Waals surface area contributed by atoms with Gasteiger partial charge in [0.05, 0.1) is 12.7 Å². The van der Waals surface area contributed by atoms with Crippen LogP contribution in [0.4, 0.5) is 0 Å². The average molecular weight is 355 g/mol. The van der Waals surface area contributed by atoms with Crippen LogP contribution in [0.25, 0.3) is 0 Å². The van der Waals surface area contributed by atoms with Gasteiger partial charge in [-0.05, 0) is 23.4 Å². The summed E-state index contributed by atoms with van der Waals surface area (Å²) in [5.74, 6) is -0.126. The molecule has 0 atom stereocenters. The Kier molecular flexibility index (Phi) is 5.92. The highest BCUT2D eigenvalue weighted by molar-refractivity contribution is 7.09. The number of carbonyl (C=O) groups excluding carboxylic acids is 1. The summed E-state index contributed by atoms with van der Waals surface area (Å²) in [7, 11) is 0. The van der Waals surface area contributed by atoms with E-state index in [9.17, 15) is 4.79 Å². The molecule has 1 amide bonds. The van der Waals surface area contributed by atoms with E-state index in [0.29, 0.717) is 31.9 Å². The van der Waals surface area contributed by atoms with E-state index in [1.807, 2.05) is 35.7 Å². The summed E-state index contributed by atoms with van der Waals surface area (Å²) in [6.07, 6.45) is 2.49. The molecule has 0 aliphatic rings. The lowest BCUT2D eigenvalue weighted by molar-refractivity contribution is 0.0756. The van der Waals surface area contributed by atoms with E-state index in [2.05, 4.69) is 22.4 Å². The Morgan fingerprint density at radius 2 is 2.00 bits per heavy atom. The molecular weight excluding hydrogens is 334 g/mol. The van der Waals surface area contributed by atoms with Crippen LogP contribution in [0.5, 0.6) is 0 Å². The quantitative estimate of drug-likeness (QED) is 0.671. The molecule has 130 valence electrons. The minimum atomic E-state index is -0.126. The van der Waals surface area contributed by atoms with Gasteiger partial charge in [-0.25, -0.2) is 4.68 Å². The Hall–Kier alpha value is -2.51. The zero-order valence-corrected chi connectivity index (χ0v) is 14.7. The van der Waals surface area contributed by atoms with Crippen molar-refractivity contribution in [3.63, 3.8) is 0 Å². The maximum absolute atomic E-state index is 12.7. The van der Waals surface area contributed by atoms with Gasteiger partial charge in [0.2, 0.25) is 0 Å². The van der Waals surface area contributed by atoms with Gasteiger partial charge >= 0.3 is 0 Å². The van der Waals surface area contributed by atoms with Crippen LogP contribution >= 0.6 is 11.3 Å². The van der Waals surface area contributed by atoms with Crippen LogP contribution in [0.15, 0.2) is 54.0 Å². The van der Waals surface area contributed by atoms with E-state index in [0.717, 1.165) is 6.42 Å². The summed E-state index contributed by atoms with van der Waals surface area (Å²) in [5.41, 5.74) is 7.23. The van der Waals surface area contributed by atoms with Crippen molar-refractivity contribution in [3.05, 3.63) is 70.2 Å². The van der Waals surface area contributed by atoms with E-state index in [4.69, 9.17) is 5.73 Å². The summed E-state index contributed by atoms with van der Waals surface area (Å²) in [5, 5.41) is 10.1. The van der Waals surface area contributed by atoms with E-state index in [1.165, 1.54) is 10.4 Å². The van der Waals surface area contributed by atoms with Crippen LogP contribution in [-0.2, 0) is 13.0 Å². The first-order chi connectivity index (χ1) is 12.3. The maximum atomic E-state index is 12.7. The second-order valence-electron chi connectivity index (χ2n) is 5.70. The summed E-state index contributed by atoms with van der Waals surface area (Å²) < 4.78 is 1.69. The fourth-order valence-electron chi connectivity index (χ4n) is 2.58. The fourth-order valence-corrected chi connectivity index (χ4v) is 3.27. The van der Waals surface area contributed by atoms with Crippen LogP contribution in [0.2, 0.25) is 0 Å². The van der Waals surface area contributed by atoms with Gasteiger partial charge in [-0.3, -0.25) is 4.79 Å². The predicted octanol–water partition coefficient (Wildman–Crippen LogP) is 2.03. The summed E-state index contributed by atoms with van der Waals surface area (Å²) in [6, 6.07) is 14.1. The highest BCUT2D eigenvalue weighted by Crippen LogP contribution is 2.11. The van der Waals surface area contributed by atoms with Crippen molar-refractivity contribution in [1.29, 1.82) is 0 Å². The van der Waals surface area contributed by atoms with E-state index in [1.54, 1.807) is 27.1 Å². The number of aromatic nitrogens is 3. The largest absolute Gasteiger partial charge is 0.336 e. The summed E-state index contributed by atoms with van der Waals surface area (Å²) in [6.45, 7) is 2.16. The normalized spacial score (nSPS) is 10.8. The van der Waals surface area contributed by atoms with E-state index in [-0.39, 0.29) is 5.91 Å². The number of thiophene rings is 1. The lowest BCUT2D eigenvalue weighted by atomic mass is 10.1. The molecule has 25 heavy (non-hydrogen) atoms. The molecule has 0 aliphatic heterocycles. The molecule has 2 heterocycles. The number of carbonyl (C=O) groups is 1. The van der Waals surface area contributed by atoms with Crippen molar-refractivity contribution >= 4 is 17.2 Å². The molecule has 6 nitrogen and oxygen atoms in total. The van der Waals surface area contributed by atoms with Crippen molar-refractivity contribution in [2.24, 2.45) is 5.73 Å². The minimum absolute atomic E-state index is 0.126.